The van der Waals surface area contributed by atoms with E-state index in [1.165, 1.54) is 0 Å². The number of hydrogen-bond acceptors (Lipinski definition) is 5. The highest BCUT2D eigenvalue weighted by Gasteiger charge is 1.95. The molecule has 0 aliphatic carbocycles. The molecule has 0 aromatic carbocycles. The molecule has 6 heteroatoms. The lowest BCUT2D eigenvalue weighted by molar-refractivity contribution is -0.240. The summed E-state index contributed by atoms with van der Waals surface area (Å²) < 4.78 is 0. The van der Waals surface area contributed by atoms with E-state index in [1.807, 2.05) is 0 Å². The van der Waals surface area contributed by atoms with Crippen LogP contribution >= 0.6 is 0 Å². The van der Waals surface area contributed by atoms with E-state index in [0.717, 1.165) is 6.08 Å². The molecule has 0 radical (unpaired) electrons. The molecule has 6 nitrogen and oxygen atoms in total. The molecule has 0 saturated heterocycles. The molecule has 0 aromatic rings. The van der Waals surface area contributed by atoms with Crippen molar-refractivity contribution in [3.8, 4) is 0 Å². The first-order valence-corrected chi connectivity index (χ1v) is 1.46. The van der Waals surface area contributed by atoms with E-state index in [1.54, 1.807) is 0 Å². The molecule has 0 spiro atoms. The minimum Gasteiger partial charge on any atom is -0.254 e. The second kappa shape index (κ2) is 3.94. The molecular formula is C2H2N2O4. The minimum atomic E-state index is -1.23. The quantitative estimate of drug-likeness (QED) is 0.212. The molecular weight excluding hydrogens is 116 g/mol. The van der Waals surface area contributed by atoms with Gasteiger partial charge in [0.25, 0.3) is 0 Å². The number of carbonyl (C=O) groups is 1. The van der Waals surface area contributed by atoms with Gasteiger partial charge in [-0.15, -0.1) is 0 Å². The van der Waals surface area contributed by atoms with E-state index in [-0.39, 0.29) is 0 Å². The van der Waals surface area contributed by atoms with Crippen LogP contribution < -0.4 is 5.90 Å². The Kier molecular flexibility index (Phi) is 3.34. The van der Waals surface area contributed by atoms with E-state index in [9.17, 15) is 9.59 Å². The predicted octanol–water partition coefficient (Wildman–Crippen LogP) is -0.736. The number of rotatable bonds is 1. The van der Waals surface area contributed by atoms with Crippen molar-refractivity contribution in [2.24, 2.45) is 10.9 Å². The molecule has 2 N–H and O–H groups in total. The average Bonchev–Trinajstić information content (AvgIpc) is 1.68. The van der Waals surface area contributed by atoms with Crippen molar-refractivity contribution in [1.82, 2.24) is 0 Å². The highest BCUT2D eigenvalue weighted by Crippen LogP contribution is 1.76. The largest absolute Gasteiger partial charge is 0.477 e. The fourth-order valence-electron chi connectivity index (χ4n) is 0.0971. The van der Waals surface area contributed by atoms with Gasteiger partial charge in [0.05, 0.1) is 0 Å². The number of nitrogens with two attached hydrogens (primary N) is 1. The number of nitrogens with zero attached hydrogens (tertiary/aromatic N) is 1. The first-order chi connectivity index (χ1) is 3.81. The Morgan fingerprint density at radius 3 is 2.75 bits per heavy atom. The third kappa shape index (κ3) is 2.98. The Balaban J connectivity index is 3.49. The van der Waals surface area contributed by atoms with Crippen molar-refractivity contribution in [1.29, 1.82) is 0 Å². The van der Waals surface area contributed by atoms with Gasteiger partial charge in [-0.2, -0.15) is 5.90 Å². The number of carbonyl (C=O) groups excluding carboxylic acids is 2. The molecule has 0 atom stereocenters. The Hall–Kier alpha value is -1.23. The van der Waals surface area contributed by atoms with Crippen molar-refractivity contribution < 1.29 is 19.5 Å². The molecule has 0 aliphatic heterocycles. The maximum atomic E-state index is 9.79. The highest BCUT2D eigenvalue weighted by atomic mass is 17.3. The van der Waals surface area contributed by atoms with Crippen LogP contribution in [0.2, 0.25) is 0 Å². The van der Waals surface area contributed by atoms with Crippen molar-refractivity contribution >= 4 is 12.2 Å². The smallest absolute Gasteiger partial charge is 0.254 e. The van der Waals surface area contributed by atoms with Crippen LogP contribution in [0.1, 0.15) is 0 Å². The Labute approximate surface area is 43.8 Å². The van der Waals surface area contributed by atoms with E-state index in [2.05, 4.69) is 20.8 Å². The van der Waals surface area contributed by atoms with Crippen LogP contribution in [0.15, 0.2) is 4.99 Å². The lowest BCUT2D eigenvalue weighted by atomic mass is 11.2. The Morgan fingerprint density at radius 2 is 2.38 bits per heavy atom. The third-order valence-electron chi connectivity index (χ3n) is 0.256. The maximum absolute atomic E-state index is 9.79. The van der Waals surface area contributed by atoms with Gasteiger partial charge in [-0.3, -0.25) is 4.89 Å². The molecule has 0 fully saturated rings. The van der Waals surface area contributed by atoms with Gasteiger partial charge in [-0.05, 0) is 0 Å². The van der Waals surface area contributed by atoms with Gasteiger partial charge in [0.15, 0.2) is 0 Å². The van der Waals surface area contributed by atoms with E-state index >= 15 is 0 Å². The number of amides is 1. The second-order valence-corrected chi connectivity index (χ2v) is 0.649. The number of aliphatic imine (C=N–C) groups is 1. The fourth-order valence-corrected chi connectivity index (χ4v) is 0.0971. The summed E-state index contributed by atoms with van der Waals surface area (Å²) in [6.45, 7) is 0. The van der Waals surface area contributed by atoms with Crippen LogP contribution in [0.3, 0.4) is 0 Å². The SMILES string of the molecule is NOOC(=O)N=C=O. The lowest BCUT2D eigenvalue weighted by Gasteiger charge is -1.85. The van der Waals surface area contributed by atoms with Gasteiger partial charge in [-0.1, -0.05) is 9.98 Å². The zero-order valence-corrected chi connectivity index (χ0v) is 3.66. The summed E-state index contributed by atoms with van der Waals surface area (Å²) in [5.41, 5.74) is 0. The summed E-state index contributed by atoms with van der Waals surface area (Å²) in [5, 5.41) is 0. The summed E-state index contributed by atoms with van der Waals surface area (Å²) in [6, 6.07) is 0. The zero-order chi connectivity index (χ0) is 6.41. The zero-order valence-electron chi connectivity index (χ0n) is 3.66. The highest BCUT2D eigenvalue weighted by molar-refractivity contribution is 5.73. The third-order valence-corrected chi connectivity index (χ3v) is 0.256. The van der Waals surface area contributed by atoms with Crippen LogP contribution in [-0.4, -0.2) is 12.2 Å². The summed E-state index contributed by atoms with van der Waals surface area (Å²) in [4.78, 5) is 28.3. The van der Waals surface area contributed by atoms with Crippen LogP contribution in [0.4, 0.5) is 4.79 Å². The molecule has 0 bridgehead atoms. The normalized spacial score (nSPS) is 7.12. The number of isocyanates is 1. The average molecular weight is 118 g/mol. The Bertz CT molecular complexity index is 126. The van der Waals surface area contributed by atoms with Crippen LogP contribution in [-0.2, 0) is 14.7 Å². The lowest BCUT2D eigenvalue weighted by Crippen LogP contribution is -2.04. The molecule has 0 saturated carbocycles. The monoisotopic (exact) mass is 118 g/mol. The Morgan fingerprint density at radius 1 is 1.75 bits per heavy atom. The van der Waals surface area contributed by atoms with Crippen molar-refractivity contribution in [2.75, 3.05) is 0 Å². The first-order valence-electron chi connectivity index (χ1n) is 1.46. The maximum Gasteiger partial charge on any atom is 0.477 e. The van der Waals surface area contributed by atoms with Gasteiger partial charge in [0.1, 0.15) is 0 Å². The molecule has 0 rings (SSSR count). The van der Waals surface area contributed by atoms with Crippen molar-refractivity contribution in [3.63, 3.8) is 0 Å². The van der Waals surface area contributed by atoms with Gasteiger partial charge in [-0.25, -0.2) is 9.59 Å². The molecule has 0 unspecified atom stereocenters. The van der Waals surface area contributed by atoms with Crippen LogP contribution in [0, 0.1) is 0 Å². The molecule has 1 amide bonds. The fraction of sp³-hybridized carbons (Fsp3) is 0. The van der Waals surface area contributed by atoms with E-state index < -0.39 is 6.09 Å². The summed E-state index contributed by atoms with van der Waals surface area (Å²) in [7, 11) is 0. The molecule has 44 valence electrons. The first kappa shape index (κ1) is 6.77. The van der Waals surface area contributed by atoms with Crippen molar-refractivity contribution in [2.45, 2.75) is 0 Å². The van der Waals surface area contributed by atoms with Gasteiger partial charge >= 0.3 is 6.09 Å². The summed E-state index contributed by atoms with van der Waals surface area (Å²) in [6.07, 6.45) is -0.317. The number of hydrogen-bond donors (Lipinski definition) is 1. The van der Waals surface area contributed by atoms with Crippen molar-refractivity contribution in [3.05, 3.63) is 0 Å². The van der Waals surface area contributed by atoms with E-state index in [0.29, 0.717) is 0 Å². The molecule has 0 aliphatic rings. The predicted molar refractivity (Wildman–Crippen MR) is 19.9 cm³/mol. The van der Waals surface area contributed by atoms with Gasteiger partial charge in [0.2, 0.25) is 6.08 Å². The van der Waals surface area contributed by atoms with Gasteiger partial charge < -0.3 is 0 Å². The standard InChI is InChI=1S/C2H2N2O4/c3-8-7-2(6)4-1-5/h3H2. The van der Waals surface area contributed by atoms with Gasteiger partial charge in [0, 0.05) is 0 Å². The topological polar surface area (TPSA) is 91.0 Å². The summed E-state index contributed by atoms with van der Waals surface area (Å²) in [5.74, 6) is 4.23. The van der Waals surface area contributed by atoms with E-state index in [4.69, 9.17) is 0 Å². The minimum absolute atomic E-state index is 0.917. The van der Waals surface area contributed by atoms with Crippen LogP contribution in [0.5, 0.6) is 0 Å². The second-order valence-electron chi connectivity index (χ2n) is 0.649. The summed E-state index contributed by atoms with van der Waals surface area (Å²) >= 11 is 0. The molecule has 0 aromatic heterocycles. The molecule has 8 heavy (non-hydrogen) atoms. The van der Waals surface area contributed by atoms with Crippen LogP contribution in [0.25, 0.3) is 0 Å². The molecule has 0 heterocycles.